The van der Waals surface area contributed by atoms with Crippen molar-refractivity contribution in [1.82, 2.24) is 9.80 Å². The Bertz CT molecular complexity index is 1450. The first-order valence-electron chi connectivity index (χ1n) is 17.2. The number of unbranched alkanes of at least 4 members (excludes halogenated alkanes) is 3. The number of carbonyl (C=O) groups is 3. The summed E-state index contributed by atoms with van der Waals surface area (Å²) >= 11 is 0. The second kappa shape index (κ2) is 18.2. The monoisotopic (exact) mass is 656 g/mol. The number of hydrogen-bond donors (Lipinski definition) is 2. The van der Waals surface area contributed by atoms with E-state index >= 15 is 0 Å². The molecule has 1 fully saturated rings. The summed E-state index contributed by atoms with van der Waals surface area (Å²) < 4.78 is 11.2. The second-order valence-corrected chi connectivity index (χ2v) is 13.5. The van der Waals surface area contributed by atoms with Gasteiger partial charge in [-0.1, -0.05) is 61.4 Å². The van der Waals surface area contributed by atoms with Gasteiger partial charge in [0, 0.05) is 57.4 Å². The molecule has 9 heteroatoms. The van der Waals surface area contributed by atoms with Gasteiger partial charge in [-0.15, -0.1) is 0 Å². The van der Waals surface area contributed by atoms with Gasteiger partial charge in [-0.25, -0.2) is 9.59 Å². The average Bonchev–Trinajstić information content (AvgIpc) is 3.07. The molecule has 48 heavy (non-hydrogen) atoms. The summed E-state index contributed by atoms with van der Waals surface area (Å²) in [4.78, 5) is 41.7. The van der Waals surface area contributed by atoms with E-state index < -0.39 is 11.7 Å². The Kier molecular flexibility index (Phi) is 13.9. The highest BCUT2D eigenvalue weighted by atomic mass is 16.6. The normalized spacial score (nSPS) is 13.8. The van der Waals surface area contributed by atoms with Crippen molar-refractivity contribution in [3.05, 3.63) is 84.4 Å². The molecule has 0 atom stereocenters. The molecule has 0 saturated carbocycles. The molecule has 1 aliphatic heterocycles. The molecule has 0 aromatic heterocycles. The van der Waals surface area contributed by atoms with E-state index in [2.05, 4.69) is 15.5 Å². The zero-order valence-electron chi connectivity index (χ0n) is 29.0. The third-order valence-electron chi connectivity index (χ3n) is 8.40. The van der Waals surface area contributed by atoms with Crippen LogP contribution in [-0.2, 0) is 14.3 Å². The van der Waals surface area contributed by atoms with Crippen molar-refractivity contribution in [2.45, 2.75) is 77.4 Å². The molecule has 3 aromatic rings. The fourth-order valence-electron chi connectivity index (χ4n) is 5.66. The average molecular weight is 657 g/mol. The van der Waals surface area contributed by atoms with Crippen LogP contribution in [0.25, 0.3) is 11.1 Å². The lowest BCUT2D eigenvalue weighted by molar-refractivity contribution is -0.130. The first kappa shape index (κ1) is 36.5. The van der Waals surface area contributed by atoms with Crippen LogP contribution in [0.5, 0.6) is 0 Å². The van der Waals surface area contributed by atoms with Gasteiger partial charge < -0.3 is 24.6 Å². The lowest BCUT2D eigenvalue weighted by Gasteiger charge is -2.32. The van der Waals surface area contributed by atoms with Crippen LogP contribution in [0.1, 0.15) is 76.1 Å². The van der Waals surface area contributed by atoms with Gasteiger partial charge in [0.15, 0.2) is 0 Å². The van der Waals surface area contributed by atoms with Gasteiger partial charge in [-0.2, -0.15) is 0 Å². The highest BCUT2D eigenvalue weighted by Gasteiger charge is 2.23. The molecular weight excluding hydrogens is 604 g/mol. The van der Waals surface area contributed by atoms with Gasteiger partial charge in [0.2, 0.25) is 5.91 Å². The summed E-state index contributed by atoms with van der Waals surface area (Å²) in [6.45, 7) is 9.59. The molecular formula is C39H52N4O5. The van der Waals surface area contributed by atoms with Crippen LogP contribution >= 0.6 is 0 Å². The molecule has 0 radical (unpaired) electrons. The van der Waals surface area contributed by atoms with Crippen LogP contribution in [0.4, 0.5) is 16.2 Å². The molecule has 258 valence electrons. The number of amides is 2. The van der Waals surface area contributed by atoms with E-state index in [1.165, 1.54) is 0 Å². The molecule has 0 unspecified atom stereocenters. The molecule has 4 rings (SSSR count). The van der Waals surface area contributed by atoms with Gasteiger partial charge in [0.25, 0.3) is 0 Å². The molecule has 2 amide bonds. The van der Waals surface area contributed by atoms with Crippen molar-refractivity contribution < 1.29 is 23.9 Å². The summed E-state index contributed by atoms with van der Waals surface area (Å²) in [5, 5.41) is 6.33. The zero-order chi connectivity index (χ0) is 34.4. The molecule has 0 bridgehead atoms. The van der Waals surface area contributed by atoms with Crippen molar-refractivity contribution >= 4 is 29.3 Å². The van der Waals surface area contributed by atoms with Gasteiger partial charge in [0.05, 0.1) is 11.3 Å². The van der Waals surface area contributed by atoms with Crippen LogP contribution in [0.3, 0.4) is 0 Å². The molecule has 9 nitrogen and oxygen atoms in total. The van der Waals surface area contributed by atoms with E-state index in [0.29, 0.717) is 18.5 Å². The van der Waals surface area contributed by atoms with Crippen LogP contribution in [-0.4, -0.2) is 79.2 Å². The van der Waals surface area contributed by atoms with Crippen molar-refractivity contribution in [3.63, 3.8) is 0 Å². The number of esters is 1. The number of hydrogen-bond acceptors (Lipinski definition) is 7. The standard InChI is InChI=1S/C39H52N4O5/c1-39(2,3)48-37(45)31-19-21-32(22-20-31)40-25-13-6-5-10-18-36(44)42(4)28-29-43-26-23-33(24-27-43)47-38(46)41-35-17-12-11-16-34(35)30-14-8-7-9-15-30/h7-9,11-12,14-17,19-22,33,40H,5-6,10,13,18,23-29H2,1-4H3,(H,41,46). The van der Waals surface area contributed by atoms with Crippen molar-refractivity contribution in [3.8, 4) is 11.1 Å². The Labute approximate surface area is 286 Å². The number of piperidine rings is 1. The van der Waals surface area contributed by atoms with Crippen LogP contribution < -0.4 is 10.6 Å². The van der Waals surface area contributed by atoms with Gasteiger partial charge in [-0.3, -0.25) is 10.1 Å². The number of likely N-dealkylation sites (tertiary alicyclic amines) is 1. The predicted octanol–water partition coefficient (Wildman–Crippen LogP) is 7.84. The first-order valence-corrected chi connectivity index (χ1v) is 17.2. The van der Waals surface area contributed by atoms with E-state index in [4.69, 9.17) is 9.47 Å². The summed E-state index contributed by atoms with van der Waals surface area (Å²) in [6, 6.07) is 25.1. The molecule has 2 N–H and O–H groups in total. The maximum absolute atomic E-state index is 12.7. The Morgan fingerprint density at radius 3 is 2.23 bits per heavy atom. The minimum absolute atomic E-state index is 0.121. The van der Waals surface area contributed by atoms with E-state index in [1.807, 2.05) is 99.4 Å². The minimum Gasteiger partial charge on any atom is -0.456 e. The number of likely N-dealkylation sites (N-methyl/N-ethyl adjacent to an activating group) is 1. The second-order valence-electron chi connectivity index (χ2n) is 13.5. The molecule has 1 heterocycles. The van der Waals surface area contributed by atoms with Crippen molar-refractivity contribution in [2.75, 3.05) is 50.4 Å². The number of carbonyl (C=O) groups excluding carboxylic acids is 3. The zero-order valence-corrected chi connectivity index (χ0v) is 29.0. The number of ether oxygens (including phenoxy) is 2. The van der Waals surface area contributed by atoms with E-state index in [-0.39, 0.29) is 18.0 Å². The molecule has 3 aromatic carbocycles. The van der Waals surface area contributed by atoms with Crippen LogP contribution in [0.15, 0.2) is 78.9 Å². The summed E-state index contributed by atoms with van der Waals surface area (Å²) in [5.74, 6) is -0.131. The number of rotatable bonds is 15. The largest absolute Gasteiger partial charge is 0.456 e. The number of benzene rings is 3. The maximum Gasteiger partial charge on any atom is 0.411 e. The number of anilines is 2. The maximum atomic E-state index is 12.7. The minimum atomic E-state index is -0.511. The predicted molar refractivity (Wildman–Crippen MR) is 192 cm³/mol. The lowest BCUT2D eigenvalue weighted by atomic mass is 10.0. The fraction of sp³-hybridized carbons (Fsp3) is 0.462. The van der Waals surface area contributed by atoms with E-state index in [0.717, 1.165) is 87.2 Å². The molecule has 1 saturated heterocycles. The fourth-order valence-corrected chi connectivity index (χ4v) is 5.66. The summed E-state index contributed by atoms with van der Waals surface area (Å²) in [6.07, 6.45) is 5.53. The van der Waals surface area contributed by atoms with E-state index in [9.17, 15) is 14.4 Å². The third-order valence-corrected chi connectivity index (χ3v) is 8.40. The molecule has 0 aliphatic carbocycles. The third kappa shape index (κ3) is 12.3. The Morgan fingerprint density at radius 2 is 1.52 bits per heavy atom. The summed E-state index contributed by atoms with van der Waals surface area (Å²) in [7, 11) is 1.88. The summed E-state index contributed by atoms with van der Waals surface area (Å²) in [5.41, 5.74) is 3.74. The number of nitrogens with one attached hydrogen (secondary N) is 2. The number of nitrogens with zero attached hydrogens (tertiary/aromatic N) is 2. The van der Waals surface area contributed by atoms with Gasteiger partial charge in [-0.05, 0) is 82.3 Å². The van der Waals surface area contributed by atoms with Gasteiger partial charge in [0.1, 0.15) is 11.7 Å². The van der Waals surface area contributed by atoms with Crippen molar-refractivity contribution in [1.29, 1.82) is 0 Å². The van der Waals surface area contributed by atoms with Crippen LogP contribution in [0, 0.1) is 0 Å². The lowest BCUT2D eigenvalue weighted by Crippen LogP contribution is -2.42. The van der Waals surface area contributed by atoms with Crippen molar-refractivity contribution in [2.24, 2.45) is 0 Å². The quantitative estimate of drug-likeness (QED) is 0.127. The Hall–Kier alpha value is -4.37. The molecule has 1 aliphatic rings. The van der Waals surface area contributed by atoms with Gasteiger partial charge >= 0.3 is 12.1 Å². The Morgan fingerprint density at radius 1 is 0.854 bits per heavy atom. The first-order chi connectivity index (χ1) is 23.1. The number of para-hydroxylation sites is 1. The smallest absolute Gasteiger partial charge is 0.411 e. The SMILES string of the molecule is CN(CCN1CCC(OC(=O)Nc2ccccc2-c2ccccc2)CC1)C(=O)CCCCCCNc1ccc(C(=O)OC(C)(C)C)cc1. The van der Waals surface area contributed by atoms with Crippen LogP contribution in [0.2, 0.25) is 0 Å². The highest BCUT2D eigenvalue weighted by Crippen LogP contribution is 2.28. The topological polar surface area (TPSA) is 100 Å². The highest BCUT2D eigenvalue weighted by molar-refractivity contribution is 5.91. The van der Waals surface area contributed by atoms with E-state index in [1.54, 1.807) is 12.1 Å². The Balaban J connectivity index is 1.03. The molecule has 0 spiro atoms.